The molecule has 6 nitrogen and oxygen atoms in total. The molecule has 158 valence electrons. The summed E-state index contributed by atoms with van der Waals surface area (Å²) in [5.74, 6) is -0.0529. The van der Waals surface area contributed by atoms with Gasteiger partial charge in [-0.1, -0.05) is 0 Å². The molecule has 0 fully saturated rings. The summed E-state index contributed by atoms with van der Waals surface area (Å²) in [4.78, 5) is 30.5. The van der Waals surface area contributed by atoms with Crippen molar-refractivity contribution in [2.24, 2.45) is 0 Å². The van der Waals surface area contributed by atoms with E-state index in [1.54, 1.807) is 0 Å². The topological polar surface area (TPSA) is 81.3 Å². The lowest BCUT2D eigenvalue weighted by Crippen LogP contribution is -2.19. The fraction of sp³-hybridized carbons (Fsp3) is 0.286. The number of esters is 1. The van der Waals surface area contributed by atoms with Crippen LogP contribution in [0, 0.1) is 13.8 Å². The van der Waals surface area contributed by atoms with Crippen molar-refractivity contribution in [2.75, 3.05) is 7.11 Å². The molecule has 0 aliphatic rings. The van der Waals surface area contributed by atoms with Gasteiger partial charge >= 0.3 is 12.1 Å². The standard InChI is InChI=1S/C21H19F3N2O4/c1-10-17(11(2)30-14-7-5-13(6-8-14)20(28)29-4)15(21(22,23)24)9-16-18(10)19(27)26-12(3)25-16/h5-9,11H,1-4H3,(H,25,26,27)/t11-/m0/s1. The first-order chi connectivity index (χ1) is 14.0. The van der Waals surface area contributed by atoms with Crippen molar-refractivity contribution in [3.63, 3.8) is 0 Å². The number of halogens is 3. The quantitative estimate of drug-likeness (QED) is 0.629. The van der Waals surface area contributed by atoms with E-state index in [9.17, 15) is 22.8 Å². The molecule has 3 aromatic rings. The van der Waals surface area contributed by atoms with Crippen LogP contribution in [-0.4, -0.2) is 23.0 Å². The number of hydrogen-bond donors (Lipinski definition) is 1. The first-order valence-electron chi connectivity index (χ1n) is 8.99. The zero-order valence-electron chi connectivity index (χ0n) is 16.7. The maximum Gasteiger partial charge on any atom is 0.416 e. The van der Waals surface area contributed by atoms with Crippen molar-refractivity contribution in [1.82, 2.24) is 9.97 Å². The monoisotopic (exact) mass is 420 g/mol. The van der Waals surface area contributed by atoms with Gasteiger partial charge in [-0.25, -0.2) is 9.78 Å². The second-order valence-corrected chi connectivity index (χ2v) is 6.78. The van der Waals surface area contributed by atoms with Crippen LogP contribution < -0.4 is 10.3 Å². The molecule has 0 saturated heterocycles. The molecule has 0 saturated carbocycles. The predicted molar refractivity (Wildman–Crippen MR) is 104 cm³/mol. The van der Waals surface area contributed by atoms with Gasteiger partial charge in [-0.3, -0.25) is 4.79 Å². The maximum atomic E-state index is 13.8. The average Bonchev–Trinajstić information content (AvgIpc) is 2.66. The van der Waals surface area contributed by atoms with Crippen LogP contribution in [0.2, 0.25) is 0 Å². The Morgan fingerprint density at radius 3 is 2.37 bits per heavy atom. The van der Waals surface area contributed by atoms with Gasteiger partial charge in [0.1, 0.15) is 17.7 Å². The van der Waals surface area contributed by atoms with E-state index in [2.05, 4.69) is 14.7 Å². The number of fused-ring (bicyclic) bond motifs is 1. The van der Waals surface area contributed by atoms with Crippen LogP contribution in [-0.2, 0) is 10.9 Å². The van der Waals surface area contributed by atoms with E-state index in [4.69, 9.17) is 4.74 Å². The molecule has 0 radical (unpaired) electrons. The Morgan fingerprint density at radius 1 is 1.17 bits per heavy atom. The molecule has 9 heteroatoms. The van der Waals surface area contributed by atoms with Crippen LogP contribution in [0.4, 0.5) is 13.2 Å². The van der Waals surface area contributed by atoms with E-state index in [1.165, 1.54) is 52.1 Å². The average molecular weight is 420 g/mol. The number of ether oxygens (including phenoxy) is 2. The lowest BCUT2D eigenvalue weighted by atomic mass is 9.94. The van der Waals surface area contributed by atoms with Crippen molar-refractivity contribution < 1.29 is 27.4 Å². The fourth-order valence-corrected chi connectivity index (χ4v) is 3.43. The van der Waals surface area contributed by atoms with Gasteiger partial charge in [-0.05, 0) is 56.7 Å². The van der Waals surface area contributed by atoms with Gasteiger partial charge in [0.25, 0.3) is 5.56 Å². The highest BCUT2D eigenvalue weighted by molar-refractivity contribution is 5.89. The number of benzene rings is 2. The number of nitrogens with zero attached hydrogens (tertiary/aromatic N) is 1. The highest BCUT2D eigenvalue weighted by Crippen LogP contribution is 2.39. The minimum absolute atomic E-state index is 0.0283. The second kappa shape index (κ2) is 7.81. The van der Waals surface area contributed by atoms with E-state index in [1.807, 2.05) is 0 Å². The molecule has 30 heavy (non-hydrogen) atoms. The molecule has 0 spiro atoms. The first-order valence-corrected chi connectivity index (χ1v) is 8.99. The van der Waals surface area contributed by atoms with E-state index in [0.29, 0.717) is 0 Å². The summed E-state index contributed by atoms with van der Waals surface area (Å²) in [6, 6.07) is 6.70. The molecule has 0 bridgehead atoms. The molecule has 2 aromatic carbocycles. The van der Waals surface area contributed by atoms with Gasteiger partial charge in [0.15, 0.2) is 0 Å². The Balaban J connectivity index is 2.10. The molecule has 0 aliphatic carbocycles. The van der Waals surface area contributed by atoms with Gasteiger partial charge in [0.05, 0.1) is 29.1 Å². The number of methoxy groups -OCH3 is 1. The third-order valence-electron chi connectivity index (χ3n) is 4.72. The van der Waals surface area contributed by atoms with E-state index >= 15 is 0 Å². The number of rotatable bonds is 4. The molecular formula is C21H19F3N2O4. The Bertz CT molecular complexity index is 1170. The molecule has 1 aromatic heterocycles. The lowest BCUT2D eigenvalue weighted by Gasteiger charge is -2.23. The third kappa shape index (κ3) is 4.00. The summed E-state index contributed by atoms with van der Waals surface area (Å²) in [5, 5.41) is 0.0834. The molecule has 1 heterocycles. The first kappa shape index (κ1) is 21.4. The lowest BCUT2D eigenvalue weighted by molar-refractivity contribution is -0.138. The number of alkyl halides is 3. The van der Waals surface area contributed by atoms with Crippen LogP contribution >= 0.6 is 0 Å². The van der Waals surface area contributed by atoms with E-state index in [-0.39, 0.29) is 39.2 Å². The van der Waals surface area contributed by atoms with Gasteiger partial charge < -0.3 is 14.5 Å². The van der Waals surface area contributed by atoms with Crippen molar-refractivity contribution in [3.8, 4) is 5.75 Å². The SMILES string of the molecule is COC(=O)c1ccc(O[C@@H](C)c2c(C(F)(F)F)cc3nc(C)[nH]c(=O)c3c2C)cc1. The number of H-pyrrole nitrogens is 1. The normalized spacial score (nSPS) is 12.6. The van der Waals surface area contributed by atoms with Gasteiger partial charge in [0, 0.05) is 5.56 Å². The number of aromatic nitrogens is 2. The predicted octanol–water partition coefficient (Wildman–Crippen LogP) is 4.49. The largest absolute Gasteiger partial charge is 0.486 e. The summed E-state index contributed by atoms with van der Waals surface area (Å²) < 4.78 is 51.8. The fourth-order valence-electron chi connectivity index (χ4n) is 3.43. The van der Waals surface area contributed by atoms with Crippen LogP contribution in [0.15, 0.2) is 35.1 Å². The number of carbonyl (C=O) groups is 1. The summed E-state index contributed by atoms with van der Waals surface area (Å²) in [6.45, 7) is 4.41. The van der Waals surface area contributed by atoms with Crippen LogP contribution in [0.1, 0.15) is 45.9 Å². The highest BCUT2D eigenvalue weighted by atomic mass is 19.4. The molecule has 0 unspecified atom stereocenters. The van der Waals surface area contributed by atoms with Crippen LogP contribution in [0.5, 0.6) is 5.75 Å². The Morgan fingerprint density at radius 2 is 1.80 bits per heavy atom. The van der Waals surface area contributed by atoms with Gasteiger partial charge in [-0.15, -0.1) is 0 Å². The van der Waals surface area contributed by atoms with Crippen LogP contribution in [0.3, 0.4) is 0 Å². The van der Waals surface area contributed by atoms with Crippen molar-refractivity contribution >= 4 is 16.9 Å². The van der Waals surface area contributed by atoms with Gasteiger partial charge in [-0.2, -0.15) is 13.2 Å². The Kier molecular flexibility index (Phi) is 5.56. The Hall–Kier alpha value is -3.36. The second-order valence-electron chi connectivity index (χ2n) is 6.78. The minimum Gasteiger partial charge on any atom is -0.486 e. The molecule has 3 rings (SSSR count). The van der Waals surface area contributed by atoms with Crippen molar-refractivity contribution in [2.45, 2.75) is 33.1 Å². The van der Waals surface area contributed by atoms with Crippen molar-refractivity contribution in [3.05, 3.63) is 68.8 Å². The number of hydrogen-bond acceptors (Lipinski definition) is 5. The van der Waals surface area contributed by atoms with E-state index in [0.717, 1.165) is 6.07 Å². The number of carbonyl (C=O) groups excluding carboxylic acids is 1. The summed E-state index contributed by atoms with van der Waals surface area (Å²) in [5.41, 5.74) is -1.18. The summed E-state index contributed by atoms with van der Waals surface area (Å²) in [7, 11) is 1.24. The molecule has 1 atom stereocenters. The van der Waals surface area contributed by atoms with Gasteiger partial charge in [0.2, 0.25) is 0 Å². The highest BCUT2D eigenvalue weighted by Gasteiger charge is 2.37. The van der Waals surface area contributed by atoms with Crippen LogP contribution in [0.25, 0.3) is 10.9 Å². The smallest absolute Gasteiger partial charge is 0.416 e. The Labute approximate surface area is 169 Å². The zero-order chi connectivity index (χ0) is 22.2. The minimum atomic E-state index is -4.67. The van der Waals surface area contributed by atoms with E-state index < -0.39 is 29.4 Å². The maximum absolute atomic E-state index is 13.8. The molecular weight excluding hydrogens is 401 g/mol. The molecule has 1 N–H and O–H groups in total. The zero-order valence-corrected chi connectivity index (χ0v) is 16.7. The summed E-state index contributed by atoms with van der Waals surface area (Å²) >= 11 is 0. The summed E-state index contributed by atoms with van der Waals surface area (Å²) in [6.07, 6.45) is -5.70. The number of aromatic amines is 1. The molecule has 0 amide bonds. The molecule has 0 aliphatic heterocycles. The number of aryl methyl sites for hydroxylation is 2. The number of nitrogens with one attached hydrogen (secondary N) is 1. The van der Waals surface area contributed by atoms with Crippen molar-refractivity contribution in [1.29, 1.82) is 0 Å². The third-order valence-corrected chi connectivity index (χ3v) is 4.72.